The molecular formula is C10H14N2O2S. The molecule has 0 spiro atoms. The van der Waals surface area contributed by atoms with Crippen molar-refractivity contribution in [3.8, 4) is 0 Å². The fraction of sp³-hybridized carbons (Fsp3) is 0.600. The van der Waals surface area contributed by atoms with Gasteiger partial charge in [-0.2, -0.15) is 0 Å². The van der Waals surface area contributed by atoms with Crippen LogP contribution >= 0.6 is 11.3 Å². The van der Waals surface area contributed by atoms with Crippen molar-refractivity contribution in [3.05, 3.63) is 16.1 Å². The van der Waals surface area contributed by atoms with E-state index in [1.165, 1.54) is 24.0 Å². The fourth-order valence-electron chi connectivity index (χ4n) is 1.94. The summed E-state index contributed by atoms with van der Waals surface area (Å²) in [5.41, 5.74) is 0. The number of likely N-dealkylation sites (tertiary alicyclic amines) is 1. The normalized spacial score (nSPS) is 22.1. The van der Waals surface area contributed by atoms with Crippen molar-refractivity contribution >= 4 is 17.3 Å². The maximum Gasteiger partial charge on any atom is 0.347 e. The average Bonchev–Trinajstić information content (AvgIpc) is 2.76. The highest BCUT2D eigenvalue weighted by atomic mass is 32.1. The molecule has 1 aliphatic heterocycles. The minimum absolute atomic E-state index is 0.344. The molecule has 2 heterocycles. The highest BCUT2D eigenvalue weighted by molar-refractivity contribution is 7.13. The zero-order valence-electron chi connectivity index (χ0n) is 8.64. The molecule has 1 N–H and O–H groups in total. The predicted molar refractivity (Wildman–Crippen MR) is 58.4 cm³/mol. The number of nitrogens with zero attached hydrogens (tertiary/aromatic N) is 2. The van der Waals surface area contributed by atoms with Crippen molar-refractivity contribution in [2.24, 2.45) is 5.92 Å². The summed E-state index contributed by atoms with van der Waals surface area (Å²) >= 11 is 1.30. The fourth-order valence-corrected chi connectivity index (χ4v) is 2.81. The molecule has 1 aromatic heterocycles. The Morgan fingerprint density at radius 1 is 1.80 bits per heavy atom. The van der Waals surface area contributed by atoms with Crippen molar-refractivity contribution in [2.75, 3.05) is 20.1 Å². The van der Waals surface area contributed by atoms with Gasteiger partial charge in [-0.05, 0) is 25.9 Å². The molecule has 0 aromatic carbocycles. The Labute approximate surface area is 92.6 Å². The molecule has 1 fully saturated rings. The second-order valence-electron chi connectivity index (χ2n) is 4.04. The van der Waals surface area contributed by atoms with Crippen molar-refractivity contribution < 1.29 is 9.90 Å². The summed E-state index contributed by atoms with van der Waals surface area (Å²) in [6, 6.07) is 0. The second kappa shape index (κ2) is 4.28. The standard InChI is InChI=1S/C10H14N2O2S/c1-12-3-2-7(6-12)4-9-11-5-8(15-9)10(13)14/h5,7H,2-4,6H2,1H3,(H,13,14). The molecular weight excluding hydrogens is 212 g/mol. The summed E-state index contributed by atoms with van der Waals surface area (Å²) in [4.78, 5) is 17.5. The van der Waals surface area contributed by atoms with Gasteiger partial charge in [0, 0.05) is 13.0 Å². The number of carboxylic acids is 1. The molecule has 1 aliphatic rings. The molecule has 1 atom stereocenters. The highest BCUT2D eigenvalue weighted by Crippen LogP contribution is 2.22. The van der Waals surface area contributed by atoms with Gasteiger partial charge in [-0.15, -0.1) is 11.3 Å². The summed E-state index contributed by atoms with van der Waals surface area (Å²) in [6.45, 7) is 2.24. The molecule has 1 aromatic rings. The van der Waals surface area contributed by atoms with E-state index < -0.39 is 5.97 Å². The van der Waals surface area contributed by atoms with E-state index in [0.717, 1.165) is 24.5 Å². The number of aromatic carboxylic acids is 1. The van der Waals surface area contributed by atoms with Gasteiger partial charge < -0.3 is 10.0 Å². The number of thiazole rings is 1. The maximum absolute atomic E-state index is 10.7. The number of hydrogen-bond acceptors (Lipinski definition) is 4. The van der Waals surface area contributed by atoms with Crippen LogP contribution in [0.25, 0.3) is 0 Å². The van der Waals surface area contributed by atoms with E-state index in [9.17, 15) is 4.79 Å². The van der Waals surface area contributed by atoms with Gasteiger partial charge in [0.15, 0.2) is 0 Å². The number of carboxylic acid groups (broad SMARTS) is 1. The Hall–Kier alpha value is -0.940. The van der Waals surface area contributed by atoms with E-state index in [2.05, 4.69) is 16.9 Å². The first-order valence-corrected chi connectivity index (χ1v) is 5.83. The average molecular weight is 226 g/mol. The SMILES string of the molecule is CN1CCC(Cc2ncc(C(=O)O)s2)C1. The molecule has 82 valence electrons. The highest BCUT2D eigenvalue weighted by Gasteiger charge is 2.21. The largest absolute Gasteiger partial charge is 0.477 e. The minimum Gasteiger partial charge on any atom is -0.477 e. The third kappa shape index (κ3) is 2.54. The first kappa shape index (κ1) is 10.6. The summed E-state index contributed by atoms with van der Waals surface area (Å²) in [5.74, 6) is -0.231. The second-order valence-corrected chi connectivity index (χ2v) is 5.16. The zero-order valence-corrected chi connectivity index (χ0v) is 9.46. The Morgan fingerprint density at radius 2 is 2.60 bits per heavy atom. The number of carbonyl (C=O) groups is 1. The molecule has 0 saturated carbocycles. The Bertz CT molecular complexity index is 364. The molecule has 0 aliphatic carbocycles. The van der Waals surface area contributed by atoms with Crippen molar-refractivity contribution in [1.29, 1.82) is 0 Å². The molecule has 0 bridgehead atoms. The topological polar surface area (TPSA) is 53.4 Å². The Kier molecular flexibility index (Phi) is 3.02. The first-order chi connectivity index (χ1) is 7.15. The number of hydrogen-bond donors (Lipinski definition) is 1. The molecule has 1 saturated heterocycles. The first-order valence-electron chi connectivity index (χ1n) is 5.01. The lowest BCUT2D eigenvalue weighted by atomic mass is 10.1. The lowest BCUT2D eigenvalue weighted by molar-refractivity contribution is 0.0702. The maximum atomic E-state index is 10.7. The molecule has 15 heavy (non-hydrogen) atoms. The van der Waals surface area contributed by atoms with Crippen molar-refractivity contribution in [2.45, 2.75) is 12.8 Å². The lowest BCUT2D eigenvalue weighted by Crippen LogP contribution is -2.14. The zero-order chi connectivity index (χ0) is 10.8. The van der Waals surface area contributed by atoms with Crippen molar-refractivity contribution in [1.82, 2.24) is 9.88 Å². The molecule has 0 amide bonds. The van der Waals surface area contributed by atoms with E-state index in [-0.39, 0.29) is 0 Å². The van der Waals surface area contributed by atoms with E-state index >= 15 is 0 Å². The molecule has 0 radical (unpaired) electrons. The van der Waals surface area contributed by atoms with Crippen LogP contribution in [0.1, 0.15) is 21.1 Å². The Balaban J connectivity index is 1.96. The van der Waals surface area contributed by atoms with E-state index in [4.69, 9.17) is 5.11 Å². The molecule has 1 unspecified atom stereocenters. The summed E-state index contributed by atoms with van der Waals surface area (Å²) in [7, 11) is 2.12. The summed E-state index contributed by atoms with van der Waals surface area (Å²) < 4.78 is 0. The number of rotatable bonds is 3. The molecule has 5 heteroatoms. The van der Waals surface area contributed by atoms with Crippen molar-refractivity contribution in [3.63, 3.8) is 0 Å². The van der Waals surface area contributed by atoms with Gasteiger partial charge in [-0.3, -0.25) is 0 Å². The van der Waals surface area contributed by atoms with Crippen LogP contribution in [0, 0.1) is 5.92 Å². The lowest BCUT2D eigenvalue weighted by Gasteiger charge is -2.07. The smallest absolute Gasteiger partial charge is 0.347 e. The van der Waals surface area contributed by atoms with Crippen LogP contribution in [0.4, 0.5) is 0 Å². The molecule has 2 rings (SSSR count). The summed E-state index contributed by atoms with van der Waals surface area (Å²) in [5, 5.41) is 9.71. The van der Waals surface area contributed by atoms with Crippen LogP contribution < -0.4 is 0 Å². The predicted octanol–water partition coefficient (Wildman–Crippen LogP) is 1.34. The van der Waals surface area contributed by atoms with Crippen LogP contribution in [0.3, 0.4) is 0 Å². The quantitative estimate of drug-likeness (QED) is 0.845. The van der Waals surface area contributed by atoms with Gasteiger partial charge in [0.1, 0.15) is 4.88 Å². The van der Waals surface area contributed by atoms with Gasteiger partial charge in [0.2, 0.25) is 0 Å². The van der Waals surface area contributed by atoms with Gasteiger partial charge in [0.25, 0.3) is 0 Å². The van der Waals surface area contributed by atoms with Crippen LogP contribution in [-0.4, -0.2) is 41.1 Å². The number of aromatic nitrogens is 1. The van der Waals surface area contributed by atoms with Crippen LogP contribution in [-0.2, 0) is 6.42 Å². The van der Waals surface area contributed by atoms with E-state index in [0.29, 0.717) is 10.8 Å². The summed E-state index contributed by atoms with van der Waals surface area (Å²) in [6.07, 6.45) is 3.57. The monoisotopic (exact) mass is 226 g/mol. The van der Waals surface area contributed by atoms with Gasteiger partial charge >= 0.3 is 5.97 Å². The molecule has 4 nitrogen and oxygen atoms in total. The van der Waals surface area contributed by atoms with Gasteiger partial charge in [0.05, 0.1) is 11.2 Å². The van der Waals surface area contributed by atoms with E-state index in [1.807, 2.05) is 0 Å². The third-order valence-corrected chi connectivity index (χ3v) is 3.72. The minimum atomic E-state index is -0.873. The van der Waals surface area contributed by atoms with Gasteiger partial charge in [-0.25, -0.2) is 9.78 Å². The van der Waals surface area contributed by atoms with Gasteiger partial charge in [-0.1, -0.05) is 0 Å². The van der Waals surface area contributed by atoms with Crippen LogP contribution in [0.15, 0.2) is 6.20 Å². The Morgan fingerprint density at radius 3 is 3.13 bits per heavy atom. The van der Waals surface area contributed by atoms with Crippen LogP contribution in [0.5, 0.6) is 0 Å². The van der Waals surface area contributed by atoms with E-state index in [1.54, 1.807) is 0 Å². The third-order valence-electron chi connectivity index (χ3n) is 2.72. The van der Waals surface area contributed by atoms with Crippen LogP contribution in [0.2, 0.25) is 0 Å².